The van der Waals surface area contributed by atoms with Crippen molar-refractivity contribution in [3.05, 3.63) is 10.4 Å². The second kappa shape index (κ2) is 6.41. The summed E-state index contributed by atoms with van der Waals surface area (Å²) >= 11 is 4.65. The van der Waals surface area contributed by atoms with Crippen molar-refractivity contribution in [3.8, 4) is 0 Å². The summed E-state index contributed by atoms with van der Waals surface area (Å²) < 4.78 is 0. The Morgan fingerprint density at radius 2 is 1.88 bits per heavy atom. The summed E-state index contributed by atoms with van der Waals surface area (Å²) in [6.07, 6.45) is 4.26. The van der Waals surface area contributed by atoms with Gasteiger partial charge in [-0.15, -0.1) is 0 Å². The molecular weight excluding hydrogens is 223 g/mol. The Kier molecular flexibility index (Phi) is 7.44. The third-order valence-electron chi connectivity index (χ3n) is 0.538. The monoisotopic (exact) mass is 230 g/mol. The van der Waals surface area contributed by atoms with Gasteiger partial charge in [0.1, 0.15) is 0 Å². The quantitative estimate of drug-likeness (QED) is 0.684. The predicted molar refractivity (Wildman–Crippen MR) is 47.8 cm³/mol. The van der Waals surface area contributed by atoms with Crippen LogP contribution >= 0.6 is 31.6 Å². The van der Waals surface area contributed by atoms with Gasteiger partial charge in [-0.25, -0.2) is 0 Å². The van der Waals surface area contributed by atoms with Crippen LogP contribution in [0.5, 0.6) is 0 Å². The van der Waals surface area contributed by atoms with Gasteiger partial charge in [0.2, 0.25) is 0 Å². The molecular formula is C4H8AsClS2. The van der Waals surface area contributed by atoms with Crippen LogP contribution in [0, 0.1) is 0 Å². The van der Waals surface area contributed by atoms with Crippen LogP contribution in [0.15, 0.2) is 10.4 Å². The normalized spacial score (nSPS) is 11.5. The van der Waals surface area contributed by atoms with Crippen molar-refractivity contribution >= 4 is 44.0 Å². The molecule has 0 bridgehead atoms. The molecule has 0 saturated heterocycles. The van der Waals surface area contributed by atoms with Crippen LogP contribution in [-0.2, 0) is 0 Å². The van der Waals surface area contributed by atoms with E-state index in [2.05, 4.69) is 17.4 Å². The molecule has 0 heterocycles. The fraction of sp³-hybridized carbons (Fsp3) is 0.500. The number of halogens is 1. The Labute approximate surface area is 66.7 Å². The van der Waals surface area contributed by atoms with Gasteiger partial charge in [-0.2, -0.15) is 0 Å². The number of hydrogen-bond donors (Lipinski definition) is 0. The van der Waals surface area contributed by atoms with Gasteiger partial charge in [-0.1, -0.05) is 0 Å². The van der Waals surface area contributed by atoms with E-state index in [1.165, 1.54) is 0 Å². The Balaban J connectivity index is 3.36. The van der Waals surface area contributed by atoms with Crippen molar-refractivity contribution in [2.75, 3.05) is 12.5 Å². The zero-order chi connectivity index (χ0) is 6.41. The first-order valence-corrected chi connectivity index (χ1v) is 10.5. The Hall–Kier alpha value is 1.29. The second-order valence-electron chi connectivity index (χ2n) is 0.926. The average molecular weight is 231 g/mol. The van der Waals surface area contributed by atoms with Gasteiger partial charge in [0.05, 0.1) is 0 Å². The molecule has 0 nitrogen and oxygen atoms in total. The summed E-state index contributed by atoms with van der Waals surface area (Å²) in [5.74, 6) is 0. The van der Waals surface area contributed by atoms with E-state index in [0.29, 0.717) is 0 Å². The maximum atomic E-state index is 5.38. The summed E-state index contributed by atoms with van der Waals surface area (Å²) in [7, 11) is 3.86. The molecule has 0 aromatic heterocycles. The molecule has 0 aliphatic heterocycles. The van der Waals surface area contributed by atoms with E-state index in [-0.39, 0.29) is 0 Å². The summed E-state index contributed by atoms with van der Waals surface area (Å²) in [5, 5.41) is 0. The van der Waals surface area contributed by atoms with E-state index in [9.17, 15) is 0 Å². The zero-order valence-electron chi connectivity index (χ0n) is 4.80. The molecule has 0 spiro atoms. The van der Waals surface area contributed by atoms with Crippen LogP contribution in [0.1, 0.15) is 0 Å². The van der Waals surface area contributed by atoms with Crippen LogP contribution in [0.2, 0.25) is 0 Å². The minimum absolute atomic E-state index is 0.731. The second-order valence-corrected chi connectivity index (χ2v) is 13.6. The molecule has 0 aromatic carbocycles. The van der Waals surface area contributed by atoms with Crippen molar-refractivity contribution < 1.29 is 0 Å². The van der Waals surface area contributed by atoms with Crippen molar-refractivity contribution in [1.82, 2.24) is 0 Å². The number of hydrogen-bond acceptors (Lipinski definition) is 2. The number of rotatable bonds is 3. The summed E-state index contributed by atoms with van der Waals surface area (Å²) in [6.45, 7) is 0. The molecule has 0 aromatic rings. The fourth-order valence-electron chi connectivity index (χ4n) is 0.242. The van der Waals surface area contributed by atoms with Crippen LogP contribution in [-0.4, -0.2) is 24.8 Å². The minimum atomic E-state index is -0.731. The van der Waals surface area contributed by atoms with Crippen molar-refractivity contribution in [2.24, 2.45) is 0 Å². The Morgan fingerprint density at radius 3 is 2.00 bits per heavy atom. The first-order chi connectivity index (χ1) is 3.85. The molecule has 0 radical (unpaired) electrons. The zero-order valence-corrected chi connectivity index (χ0v) is 9.06. The van der Waals surface area contributed by atoms with Crippen LogP contribution < -0.4 is 0 Å². The van der Waals surface area contributed by atoms with Gasteiger partial charge < -0.3 is 0 Å². The maximum absolute atomic E-state index is 5.38. The summed E-state index contributed by atoms with van der Waals surface area (Å²) in [6, 6.07) is 0. The third kappa shape index (κ3) is 4.20. The molecule has 0 rings (SSSR count). The SMILES string of the molecule is CS[As](C=CCl)SC. The molecule has 0 aliphatic carbocycles. The molecule has 0 amide bonds. The van der Waals surface area contributed by atoms with Gasteiger partial charge in [0, 0.05) is 0 Å². The summed E-state index contributed by atoms with van der Waals surface area (Å²) in [4.78, 5) is 2.11. The van der Waals surface area contributed by atoms with Crippen LogP contribution in [0.25, 0.3) is 0 Å². The van der Waals surface area contributed by atoms with E-state index >= 15 is 0 Å². The molecule has 0 unspecified atom stereocenters. The Morgan fingerprint density at radius 1 is 1.38 bits per heavy atom. The van der Waals surface area contributed by atoms with Crippen molar-refractivity contribution in [3.63, 3.8) is 0 Å². The van der Waals surface area contributed by atoms with Gasteiger partial charge in [0.15, 0.2) is 0 Å². The average Bonchev–Trinajstić information content (AvgIpc) is 1.83. The van der Waals surface area contributed by atoms with E-state index in [4.69, 9.17) is 11.6 Å². The molecule has 0 saturated carbocycles. The van der Waals surface area contributed by atoms with E-state index in [1.807, 2.05) is 20.0 Å². The van der Waals surface area contributed by atoms with E-state index in [1.54, 1.807) is 5.54 Å². The van der Waals surface area contributed by atoms with Crippen molar-refractivity contribution in [2.45, 2.75) is 0 Å². The van der Waals surface area contributed by atoms with E-state index < -0.39 is 12.3 Å². The van der Waals surface area contributed by atoms with Crippen LogP contribution in [0.3, 0.4) is 0 Å². The molecule has 0 N–H and O–H groups in total. The third-order valence-corrected chi connectivity index (χ3v) is 13.0. The van der Waals surface area contributed by atoms with Gasteiger partial charge in [-0.3, -0.25) is 0 Å². The predicted octanol–water partition coefficient (Wildman–Crippen LogP) is 2.49. The topological polar surface area (TPSA) is 0 Å². The van der Waals surface area contributed by atoms with Gasteiger partial charge in [0.25, 0.3) is 0 Å². The standard InChI is InChI=1S/C4H8AsClS2/c1-7-5(8-2)3-4-6/h3-4H,1-2H3. The molecule has 48 valence electrons. The summed E-state index contributed by atoms with van der Waals surface area (Å²) in [5.41, 5.74) is 1.63. The fourth-order valence-corrected chi connectivity index (χ4v) is 7.53. The molecule has 4 heteroatoms. The molecule has 0 fully saturated rings. The molecule has 0 atom stereocenters. The van der Waals surface area contributed by atoms with Crippen LogP contribution in [0.4, 0.5) is 0 Å². The first-order valence-electron chi connectivity index (χ1n) is 1.99. The van der Waals surface area contributed by atoms with E-state index in [0.717, 1.165) is 0 Å². The Bertz CT molecular complexity index is 72.4. The molecule has 0 aliphatic rings. The first kappa shape index (κ1) is 9.29. The van der Waals surface area contributed by atoms with Gasteiger partial charge in [-0.05, 0) is 0 Å². The molecule has 8 heavy (non-hydrogen) atoms. The van der Waals surface area contributed by atoms with Crippen molar-refractivity contribution in [1.29, 1.82) is 0 Å². The van der Waals surface area contributed by atoms with Gasteiger partial charge >= 0.3 is 66.9 Å².